The van der Waals surface area contributed by atoms with E-state index >= 15 is 0 Å². The molecular formula is C27H36N4O5S2. The number of hydrogen-bond donors (Lipinski definition) is 1. The summed E-state index contributed by atoms with van der Waals surface area (Å²) in [5, 5.41) is 3.37. The van der Waals surface area contributed by atoms with E-state index in [0.717, 1.165) is 23.3 Å². The highest BCUT2D eigenvalue weighted by molar-refractivity contribution is 7.89. The number of thiophene rings is 1. The van der Waals surface area contributed by atoms with Gasteiger partial charge in [-0.3, -0.25) is 14.4 Å². The Morgan fingerprint density at radius 3 is 2.26 bits per heavy atom. The van der Waals surface area contributed by atoms with Crippen LogP contribution < -0.4 is 5.32 Å². The van der Waals surface area contributed by atoms with Gasteiger partial charge >= 0.3 is 0 Å². The van der Waals surface area contributed by atoms with Gasteiger partial charge in [-0.2, -0.15) is 4.31 Å². The lowest BCUT2D eigenvalue weighted by atomic mass is 10.0. The lowest BCUT2D eigenvalue weighted by Gasteiger charge is -2.29. The summed E-state index contributed by atoms with van der Waals surface area (Å²) < 4.78 is 27.6. The number of carbonyl (C=O) groups is 3. The van der Waals surface area contributed by atoms with Crippen molar-refractivity contribution in [3.8, 4) is 0 Å². The van der Waals surface area contributed by atoms with Crippen molar-refractivity contribution < 1.29 is 22.8 Å². The van der Waals surface area contributed by atoms with Gasteiger partial charge in [0.25, 0.3) is 11.8 Å². The first-order valence-electron chi connectivity index (χ1n) is 13.2. The molecule has 0 radical (unpaired) electrons. The molecule has 1 fully saturated rings. The number of benzene rings is 1. The highest BCUT2D eigenvalue weighted by Crippen LogP contribution is 2.38. The highest BCUT2D eigenvalue weighted by Gasteiger charge is 2.32. The number of amides is 3. The molecule has 0 saturated carbocycles. The second-order valence-electron chi connectivity index (χ2n) is 9.94. The summed E-state index contributed by atoms with van der Waals surface area (Å²) in [5.41, 5.74) is 1.68. The van der Waals surface area contributed by atoms with Crippen molar-refractivity contribution in [3.05, 3.63) is 45.8 Å². The molecule has 0 unspecified atom stereocenters. The zero-order valence-corrected chi connectivity index (χ0v) is 24.1. The van der Waals surface area contributed by atoms with Crippen LogP contribution in [0.25, 0.3) is 0 Å². The maximum absolute atomic E-state index is 13.4. The first-order chi connectivity index (χ1) is 18.1. The lowest BCUT2D eigenvalue weighted by Crippen LogP contribution is -2.37. The standard InChI is InChI=1S/C27H36N4O5S2/c1-5-29(6-2)27(34)24-22-13-14-30(19(4)32)17-23(22)37-26(24)28-25(33)20-7-9-21(10-8-20)38(35,36)31-15-11-18(3)12-16-31/h7-10,18H,5-6,11-17H2,1-4H3,(H,28,33). The van der Waals surface area contributed by atoms with Crippen molar-refractivity contribution in [2.75, 3.05) is 38.0 Å². The smallest absolute Gasteiger partial charge is 0.257 e. The molecule has 11 heteroatoms. The van der Waals surface area contributed by atoms with Crippen LogP contribution in [0.1, 0.15) is 71.7 Å². The molecule has 1 aromatic carbocycles. The summed E-state index contributed by atoms with van der Waals surface area (Å²) in [6, 6.07) is 5.94. The van der Waals surface area contributed by atoms with Crippen LogP contribution in [0.2, 0.25) is 0 Å². The van der Waals surface area contributed by atoms with E-state index in [0.29, 0.717) is 67.7 Å². The highest BCUT2D eigenvalue weighted by atomic mass is 32.2. The van der Waals surface area contributed by atoms with Gasteiger partial charge in [-0.1, -0.05) is 6.92 Å². The van der Waals surface area contributed by atoms with Crippen molar-refractivity contribution in [2.45, 2.75) is 58.4 Å². The third kappa shape index (κ3) is 5.64. The summed E-state index contributed by atoms with van der Waals surface area (Å²) in [4.78, 5) is 43.1. The molecule has 1 N–H and O–H groups in total. The van der Waals surface area contributed by atoms with Crippen molar-refractivity contribution >= 4 is 44.1 Å². The maximum Gasteiger partial charge on any atom is 0.257 e. The van der Waals surface area contributed by atoms with Crippen LogP contribution in [-0.4, -0.2) is 73.0 Å². The van der Waals surface area contributed by atoms with Crippen LogP contribution in [0.5, 0.6) is 0 Å². The average Bonchev–Trinajstić information content (AvgIpc) is 3.26. The number of piperidine rings is 1. The quantitative estimate of drug-likeness (QED) is 0.554. The molecule has 38 heavy (non-hydrogen) atoms. The minimum absolute atomic E-state index is 0.0274. The number of nitrogens with one attached hydrogen (secondary N) is 1. The third-order valence-electron chi connectivity index (χ3n) is 7.49. The molecule has 0 bridgehead atoms. The molecule has 3 amide bonds. The summed E-state index contributed by atoms with van der Waals surface area (Å²) in [7, 11) is -3.61. The number of hydrogen-bond acceptors (Lipinski definition) is 6. The normalized spacial score (nSPS) is 16.7. The Morgan fingerprint density at radius 2 is 1.68 bits per heavy atom. The van der Waals surface area contributed by atoms with Crippen LogP contribution in [0, 0.1) is 5.92 Å². The molecule has 2 aliphatic rings. The summed E-state index contributed by atoms with van der Waals surface area (Å²) in [6.07, 6.45) is 2.22. The van der Waals surface area contributed by atoms with E-state index in [1.54, 1.807) is 9.80 Å². The van der Waals surface area contributed by atoms with Gasteiger partial charge in [-0.25, -0.2) is 8.42 Å². The van der Waals surface area contributed by atoms with Gasteiger partial charge in [0.15, 0.2) is 0 Å². The average molecular weight is 561 g/mol. The Labute approximate surface area is 228 Å². The van der Waals surface area contributed by atoms with Crippen LogP contribution in [-0.2, 0) is 27.8 Å². The van der Waals surface area contributed by atoms with Gasteiger partial charge in [-0.15, -0.1) is 11.3 Å². The van der Waals surface area contributed by atoms with Crippen LogP contribution >= 0.6 is 11.3 Å². The summed E-state index contributed by atoms with van der Waals surface area (Å²) in [5.74, 6) is -0.0763. The molecule has 2 aromatic rings. The summed E-state index contributed by atoms with van der Waals surface area (Å²) in [6.45, 7) is 10.5. The second-order valence-corrected chi connectivity index (χ2v) is 13.0. The molecule has 0 atom stereocenters. The first-order valence-corrected chi connectivity index (χ1v) is 15.4. The van der Waals surface area contributed by atoms with Gasteiger partial charge < -0.3 is 15.1 Å². The van der Waals surface area contributed by atoms with Crippen LogP contribution in [0.3, 0.4) is 0 Å². The number of rotatable bonds is 7. The SMILES string of the molecule is CCN(CC)C(=O)c1c(NC(=O)c2ccc(S(=O)(=O)N3CCC(C)CC3)cc2)sc2c1CCN(C(C)=O)C2. The monoisotopic (exact) mass is 560 g/mol. The van der Waals surface area contributed by atoms with Gasteiger partial charge in [0, 0.05) is 50.1 Å². The maximum atomic E-state index is 13.4. The number of sulfonamides is 1. The Morgan fingerprint density at radius 1 is 1.05 bits per heavy atom. The molecule has 0 aliphatic carbocycles. The fourth-order valence-corrected chi connectivity index (χ4v) is 7.70. The van der Waals surface area contributed by atoms with Crippen molar-refractivity contribution in [2.24, 2.45) is 5.92 Å². The van der Waals surface area contributed by atoms with Crippen molar-refractivity contribution in [1.82, 2.24) is 14.1 Å². The van der Waals surface area contributed by atoms with Gasteiger partial charge in [0.1, 0.15) is 5.00 Å². The van der Waals surface area contributed by atoms with E-state index in [-0.39, 0.29) is 16.7 Å². The van der Waals surface area contributed by atoms with E-state index in [2.05, 4.69) is 12.2 Å². The number of nitrogens with zero attached hydrogens (tertiary/aromatic N) is 3. The molecule has 3 heterocycles. The lowest BCUT2D eigenvalue weighted by molar-refractivity contribution is -0.129. The number of anilines is 1. The topological polar surface area (TPSA) is 107 Å². The van der Waals surface area contributed by atoms with E-state index in [1.807, 2.05) is 13.8 Å². The van der Waals surface area contributed by atoms with Gasteiger partial charge in [0.05, 0.1) is 17.0 Å². The molecule has 206 valence electrons. The molecule has 4 rings (SSSR count). The Hall–Kier alpha value is -2.76. The Kier molecular flexibility index (Phi) is 8.59. The molecule has 1 saturated heterocycles. The van der Waals surface area contributed by atoms with E-state index in [4.69, 9.17) is 0 Å². The minimum atomic E-state index is -3.61. The Bertz CT molecular complexity index is 1310. The number of carbonyl (C=O) groups excluding carboxylic acids is 3. The predicted octanol–water partition coefficient (Wildman–Crippen LogP) is 3.81. The van der Waals surface area contributed by atoms with E-state index < -0.39 is 15.9 Å². The largest absolute Gasteiger partial charge is 0.339 e. The van der Waals surface area contributed by atoms with Crippen LogP contribution in [0.15, 0.2) is 29.2 Å². The zero-order chi connectivity index (χ0) is 27.6. The predicted molar refractivity (Wildman–Crippen MR) is 148 cm³/mol. The van der Waals surface area contributed by atoms with Crippen LogP contribution in [0.4, 0.5) is 5.00 Å². The molecule has 0 spiro atoms. The fraction of sp³-hybridized carbons (Fsp3) is 0.519. The first kappa shape index (κ1) is 28.3. The molecule has 9 nitrogen and oxygen atoms in total. The molecular weight excluding hydrogens is 524 g/mol. The van der Waals surface area contributed by atoms with E-state index in [9.17, 15) is 22.8 Å². The third-order valence-corrected chi connectivity index (χ3v) is 10.5. The zero-order valence-electron chi connectivity index (χ0n) is 22.5. The fourth-order valence-electron chi connectivity index (χ4n) is 4.98. The van der Waals surface area contributed by atoms with E-state index in [1.165, 1.54) is 46.8 Å². The molecule has 2 aliphatic heterocycles. The summed E-state index contributed by atoms with van der Waals surface area (Å²) >= 11 is 1.32. The van der Waals surface area contributed by atoms with Crippen molar-refractivity contribution in [1.29, 1.82) is 0 Å². The second kappa shape index (κ2) is 11.5. The van der Waals surface area contributed by atoms with Crippen molar-refractivity contribution in [3.63, 3.8) is 0 Å². The van der Waals surface area contributed by atoms with Gasteiger partial charge in [0.2, 0.25) is 15.9 Å². The molecule has 1 aromatic heterocycles. The van der Waals surface area contributed by atoms with Gasteiger partial charge in [-0.05, 0) is 68.9 Å². The minimum Gasteiger partial charge on any atom is -0.339 e. The number of fused-ring (bicyclic) bond motifs is 1. The Balaban J connectivity index is 1.58.